The predicted molar refractivity (Wildman–Crippen MR) is 67.1 cm³/mol. The average Bonchev–Trinajstić information content (AvgIpc) is 2.28. The molecule has 0 aliphatic heterocycles. The van der Waals surface area contributed by atoms with Gasteiger partial charge in [-0.3, -0.25) is 0 Å². The molecule has 0 heterocycles. The minimum atomic E-state index is -1.13. The minimum absolute atomic E-state index is 0.0461. The highest BCUT2D eigenvalue weighted by atomic mass is 19.1. The molecule has 1 unspecified atom stereocenters. The molecule has 0 aromatic heterocycles. The Hall–Kier alpha value is -1.42. The maximum absolute atomic E-state index is 13.2. The summed E-state index contributed by atoms with van der Waals surface area (Å²) in [6.45, 7) is 5.05. The van der Waals surface area contributed by atoms with Crippen LogP contribution in [0, 0.1) is 11.7 Å². The van der Waals surface area contributed by atoms with E-state index in [0.29, 0.717) is 18.1 Å². The van der Waals surface area contributed by atoms with E-state index in [-0.39, 0.29) is 12.2 Å². The van der Waals surface area contributed by atoms with Crippen LogP contribution in [-0.4, -0.2) is 17.7 Å². The van der Waals surface area contributed by atoms with E-state index in [9.17, 15) is 9.18 Å². The van der Waals surface area contributed by atoms with Gasteiger partial charge in [0.05, 0.1) is 12.2 Å². The van der Waals surface area contributed by atoms with Gasteiger partial charge in [0, 0.05) is 6.61 Å². The standard InChI is InChI=1S/C14H19FO3/c1-3-4-10(2)8-18-9-11-5-12(14(16)17)7-13(15)6-11/h5-7,10H,3-4,8-9H2,1-2H3,(H,16,17). The molecular weight excluding hydrogens is 235 g/mol. The Labute approximate surface area is 107 Å². The Morgan fingerprint density at radius 2 is 2.17 bits per heavy atom. The van der Waals surface area contributed by atoms with Crippen LogP contribution in [0.5, 0.6) is 0 Å². The molecule has 1 aromatic rings. The number of rotatable bonds is 7. The number of carbonyl (C=O) groups is 1. The average molecular weight is 254 g/mol. The lowest BCUT2D eigenvalue weighted by molar-refractivity contribution is 0.0694. The fraction of sp³-hybridized carbons (Fsp3) is 0.500. The molecule has 1 N–H and O–H groups in total. The van der Waals surface area contributed by atoms with Crippen LogP contribution in [-0.2, 0) is 11.3 Å². The number of benzene rings is 1. The van der Waals surface area contributed by atoms with Crippen molar-refractivity contribution < 1.29 is 19.0 Å². The summed E-state index contributed by atoms with van der Waals surface area (Å²) in [4.78, 5) is 10.8. The smallest absolute Gasteiger partial charge is 0.335 e. The normalized spacial score (nSPS) is 12.4. The molecule has 100 valence electrons. The van der Waals surface area contributed by atoms with E-state index in [2.05, 4.69) is 13.8 Å². The van der Waals surface area contributed by atoms with Crippen molar-refractivity contribution >= 4 is 5.97 Å². The molecule has 0 fully saturated rings. The molecule has 0 saturated carbocycles. The number of halogens is 1. The fourth-order valence-electron chi connectivity index (χ4n) is 1.81. The van der Waals surface area contributed by atoms with Gasteiger partial charge < -0.3 is 9.84 Å². The SMILES string of the molecule is CCCC(C)COCc1cc(F)cc(C(=O)O)c1. The second-order valence-electron chi connectivity index (χ2n) is 4.56. The van der Waals surface area contributed by atoms with Crippen molar-refractivity contribution in [2.24, 2.45) is 5.92 Å². The van der Waals surface area contributed by atoms with Crippen LogP contribution in [0.25, 0.3) is 0 Å². The lowest BCUT2D eigenvalue weighted by Gasteiger charge is -2.11. The molecule has 1 aromatic carbocycles. The third-order valence-corrected chi connectivity index (χ3v) is 2.66. The minimum Gasteiger partial charge on any atom is -0.478 e. The van der Waals surface area contributed by atoms with Crippen molar-refractivity contribution in [3.63, 3.8) is 0 Å². The summed E-state index contributed by atoms with van der Waals surface area (Å²) in [6.07, 6.45) is 2.19. The first kappa shape index (κ1) is 14.6. The van der Waals surface area contributed by atoms with Crippen molar-refractivity contribution in [2.75, 3.05) is 6.61 Å². The summed E-state index contributed by atoms with van der Waals surface area (Å²) in [7, 11) is 0. The van der Waals surface area contributed by atoms with E-state index in [1.54, 1.807) is 0 Å². The van der Waals surface area contributed by atoms with Crippen molar-refractivity contribution in [2.45, 2.75) is 33.3 Å². The van der Waals surface area contributed by atoms with Crippen LogP contribution < -0.4 is 0 Å². The van der Waals surface area contributed by atoms with Crippen molar-refractivity contribution in [3.8, 4) is 0 Å². The highest BCUT2D eigenvalue weighted by molar-refractivity contribution is 5.87. The summed E-state index contributed by atoms with van der Waals surface area (Å²) in [5.74, 6) is -1.22. The number of carboxylic acid groups (broad SMARTS) is 1. The van der Waals surface area contributed by atoms with Gasteiger partial charge in [-0.05, 0) is 36.1 Å². The number of carboxylic acids is 1. The van der Waals surface area contributed by atoms with Gasteiger partial charge in [0.15, 0.2) is 0 Å². The van der Waals surface area contributed by atoms with Crippen LogP contribution in [0.4, 0.5) is 4.39 Å². The quantitative estimate of drug-likeness (QED) is 0.810. The molecule has 4 heteroatoms. The molecule has 0 amide bonds. The Morgan fingerprint density at radius 1 is 1.44 bits per heavy atom. The van der Waals surface area contributed by atoms with Crippen LogP contribution in [0.15, 0.2) is 18.2 Å². The Morgan fingerprint density at radius 3 is 2.78 bits per heavy atom. The zero-order valence-electron chi connectivity index (χ0n) is 10.8. The van der Waals surface area contributed by atoms with Crippen LogP contribution >= 0.6 is 0 Å². The maximum atomic E-state index is 13.2. The van der Waals surface area contributed by atoms with E-state index in [0.717, 1.165) is 18.9 Å². The Balaban J connectivity index is 2.54. The van der Waals surface area contributed by atoms with Gasteiger partial charge in [-0.25, -0.2) is 9.18 Å². The maximum Gasteiger partial charge on any atom is 0.335 e. The first-order valence-corrected chi connectivity index (χ1v) is 6.13. The number of aromatic carboxylic acids is 1. The molecule has 0 aliphatic carbocycles. The van der Waals surface area contributed by atoms with Gasteiger partial charge in [-0.1, -0.05) is 20.3 Å². The van der Waals surface area contributed by atoms with Gasteiger partial charge >= 0.3 is 5.97 Å². The largest absolute Gasteiger partial charge is 0.478 e. The van der Waals surface area contributed by atoms with Gasteiger partial charge in [0.1, 0.15) is 5.82 Å². The Kier molecular flexibility index (Phi) is 5.78. The molecule has 0 spiro atoms. The summed E-state index contributed by atoms with van der Waals surface area (Å²) in [5, 5.41) is 8.81. The highest BCUT2D eigenvalue weighted by Gasteiger charge is 2.08. The molecule has 0 saturated heterocycles. The molecule has 18 heavy (non-hydrogen) atoms. The number of hydrogen-bond donors (Lipinski definition) is 1. The summed E-state index contributed by atoms with van der Waals surface area (Å²) in [5.41, 5.74) is 0.506. The first-order valence-electron chi connectivity index (χ1n) is 6.13. The van der Waals surface area contributed by atoms with Crippen LogP contribution in [0.3, 0.4) is 0 Å². The monoisotopic (exact) mass is 254 g/mol. The fourth-order valence-corrected chi connectivity index (χ4v) is 1.81. The highest BCUT2D eigenvalue weighted by Crippen LogP contribution is 2.12. The van der Waals surface area contributed by atoms with E-state index >= 15 is 0 Å². The first-order chi connectivity index (χ1) is 8.52. The predicted octanol–water partition coefficient (Wildman–Crippen LogP) is 3.48. The topological polar surface area (TPSA) is 46.5 Å². The lowest BCUT2D eigenvalue weighted by Crippen LogP contribution is -2.06. The zero-order valence-corrected chi connectivity index (χ0v) is 10.8. The van der Waals surface area contributed by atoms with E-state index in [1.807, 2.05) is 0 Å². The van der Waals surface area contributed by atoms with Crippen LogP contribution in [0.2, 0.25) is 0 Å². The van der Waals surface area contributed by atoms with Crippen molar-refractivity contribution in [3.05, 3.63) is 35.1 Å². The molecule has 0 radical (unpaired) electrons. The van der Waals surface area contributed by atoms with Crippen molar-refractivity contribution in [1.82, 2.24) is 0 Å². The second kappa shape index (κ2) is 7.11. The second-order valence-corrected chi connectivity index (χ2v) is 4.56. The van der Waals surface area contributed by atoms with E-state index < -0.39 is 11.8 Å². The summed E-state index contributed by atoms with van der Waals surface area (Å²) in [6, 6.07) is 3.75. The molecule has 1 rings (SSSR count). The molecule has 0 aliphatic rings. The third kappa shape index (κ3) is 4.84. The molecule has 0 bridgehead atoms. The van der Waals surface area contributed by atoms with Gasteiger partial charge in [-0.2, -0.15) is 0 Å². The molecule has 3 nitrogen and oxygen atoms in total. The molecular formula is C14H19FO3. The van der Waals surface area contributed by atoms with Crippen LogP contribution in [0.1, 0.15) is 42.6 Å². The number of hydrogen-bond acceptors (Lipinski definition) is 2. The van der Waals surface area contributed by atoms with Gasteiger partial charge in [0.25, 0.3) is 0 Å². The van der Waals surface area contributed by atoms with Gasteiger partial charge in [0.2, 0.25) is 0 Å². The third-order valence-electron chi connectivity index (χ3n) is 2.66. The van der Waals surface area contributed by atoms with Gasteiger partial charge in [-0.15, -0.1) is 0 Å². The summed E-state index contributed by atoms with van der Waals surface area (Å²) < 4.78 is 18.6. The molecule has 1 atom stereocenters. The van der Waals surface area contributed by atoms with E-state index in [1.165, 1.54) is 12.1 Å². The van der Waals surface area contributed by atoms with E-state index in [4.69, 9.17) is 9.84 Å². The number of ether oxygens (including phenoxy) is 1. The zero-order chi connectivity index (χ0) is 13.5. The lowest BCUT2D eigenvalue weighted by atomic mass is 10.1. The summed E-state index contributed by atoms with van der Waals surface area (Å²) >= 11 is 0. The Bertz CT molecular complexity index is 404. The van der Waals surface area contributed by atoms with Crippen molar-refractivity contribution in [1.29, 1.82) is 0 Å².